The second-order valence-electron chi connectivity index (χ2n) is 5.62. The zero-order valence-electron chi connectivity index (χ0n) is 16.8. The van der Waals surface area contributed by atoms with Gasteiger partial charge in [0.25, 0.3) is 0 Å². The molecule has 18 heteroatoms. The molecule has 34 heavy (non-hydrogen) atoms. The fourth-order valence-electron chi connectivity index (χ4n) is 2.02. The van der Waals surface area contributed by atoms with Crippen LogP contribution in [0.5, 0.6) is 0 Å². The Bertz CT molecular complexity index is 1250. The maximum absolute atomic E-state index is 10.8. The van der Waals surface area contributed by atoms with Gasteiger partial charge in [-0.2, -0.15) is 9.46 Å². The third-order valence-corrected chi connectivity index (χ3v) is 4.52. The summed E-state index contributed by atoms with van der Waals surface area (Å²) < 4.78 is 4.13. The van der Waals surface area contributed by atoms with Crippen LogP contribution < -0.4 is 9.46 Å². The molecule has 0 radical (unpaired) electrons. The Hall–Kier alpha value is -2.84. The van der Waals surface area contributed by atoms with E-state index in [1.54, 1.807) is 24.3 Å². The summed E-state index contributed by atoms with van der Waals surface area (Å²) in [6.07, 6.45) is 5.70. The monoisotopic (exact) mass is 578 g/mol. The highest BCUT2D eigenvalue weighted by molar-refractivity contribution is 7.72. The zero-order chi connectivity index (χ0) is 23.7. The van der Waals surface area contributed by atoms with E-state index in [0.717, 1.165) is 20.6 Å². The molecule has 0 aromatic carbocycles. The minimum Gasteiger partial charge on any atom is -0.619 e. The van der Waals surface area contributed by atoms with Crippen LogP contribution in [0.25, 0.3) is 11.1 Å². The van der Waals surface area contributed by atoms with Gasteiger partial charge in [0.1, 0.15) is 0 Å². The molecule has 0 aliphatic heterocycles. The van der Waals surface area contributed by atoms with Crippen LogP contribution in [-0.4, -0.2) is 40.9 Å². The summed E-state index contributed by atoms with van der Waals surface area (Å²) in [4.78, 5) is 16.0. The highest BCUT2D eigenvalue weighted by atomic mass is 32.1. The lowest BCUT2D eigenvalue weighted by molar-refractivity contribution is -0.605. The van der Waals surface area contributed by atoms with Gasteiger partial charge in [-0.15, -0.1) is 0 Å². The number of H-pyrrole nitrogens is 6. The Morgan fingerprint density at radius 1 is 0.441 bits per heavy atom. The van der Waals surface area contributed by atoms with Gasteiger partial charge >= 0.3 is 0 Å². The van der Waals surface area contributed by atoms with Gasteiger partial charge in [-0.1, -0.05) is 0 Å². The van der Waals surface area contributed by atoms with Crippen LogP contribution in [0.2, 0.25) is 0 Å². The molecule has 0 fully saturated rings. The summed E-state index contributed by atoms with van der Waals surface area (Å²) >= 11 is 28.3. The van der Waals surface area contributed by atoms with Crippen LogP contribution in [-0.2, 0) is 0 Å². The number of aromatic nitrogens is 8. The van der Waals surface area contributed by atoms with Gasteiger partial charge in [0.2, 0.25) is 0 Å². The number of hydrogen-bond acceptors (Lipinski definition) is 8. The molecule has 0 bridgehead atoms. The van der Waals surface area contributed by atoms with E-state index in [9.17, 15) is 10.4 Å². The molecule has 0 saturated heterocycles. The highest BCUT2D eigenvalue weighted by Crippen LogP contribution is 2.15. The second kappa shape index (κ2) is 15.1. The van der Waals surface area contributed by atoms with Crippen molar-refractivity contribution >= 4 is 73.3 Å². The highest BCUT2D eigenvalue weighted by Gasteiger charge is 2.00. The Labute approximate surface area is 221 Å². The second-order valence-corrected chi connectivity index (χ2v) is 8.07. The minimum absolute atomic E-state index is 0. The molecule has 0 aliphatic rings. The van der Waals surface area contributed by atoms with Gasteiger partial charge in [0.15, 0.2) is 53.4 Å². The quantitative estimate of drug-likeness (QED) is 0.112. The molecule has 0 amide bonds. The number of hydrogen-bond donors (Lipinski definition) is 6. The van der Waals surface area contributed by atoms with Crippen molar-refractivity contribution in [3.63, 3.8) is 0 Å². The Morgan fingerprint density at radius 3 is 0.794 bits per heavy atom. The van der Waals surface area contributed by atoms with E-state index >= 15 is 0 Å². The summed E-state index contributed by atoms with van der Waals surface area (Å²) in [7, 11) is 0. The molecule has 0 unspecified atom stereocenters. The van der Waals surface area contributed by atoms with Crippen molar-refractivity contribution in [2.24, 2.45) is 0 Å². The SMILES string of the molecule is O.O.S=c1[nH]c(=S)[nH]c(=S)[nH]1.S=c1[nH]c(=S)[nH]c(=S)[nH]1.[O-][n+]1ccc(-c2cc[n+]([O-])cc2)cc1. The summed E-state index contributed by atoms with van der Waals surface area (Å²) in [6, 6.07) is 6.82. The van der Waals surface area contributed by atoms with E-state index in [1.165, 1.54) is 24.8 Å². The largest absolute Gasteiger partial charge is 0.619 e. The van der Waals surface area contributed by atoms with E-state index in [4.69, 9.17) is 73.3 Å². The molecule has 0 aliphatic carbocycles. The number of nitrogens with zero attached hydrogens (tertiary/aromatic N) is 2. The molecule has 12 nitrogen and oxygen atoms in total. The van der Waals surface area contributed by atoms with Crippen LogP contribution in [0.4, 0.5) is 0 Å². The predicted octanol–water partition coefficient (Wildman–Crippen LogP) is 2.69. The summed E-state index contributed by atoms with van der Waals surface area (Å²) in [6.45, 7) is 0. The third-order valence-electron chi connectivity index (χ3n) is 3.30. The van der Waals surface area contributed by atoms with Gasteiger partial charge in [-0.05, 0) is 84.4 Å². The van der Waals surface area contributed by atoms with Crippen molar-refractivity contribution < 1.29 is 20.4 Å². The molecule has 0 spiro atoms. The van der Waals surface area contributed by atoms with E-state index in [0.29, 0.717) is 28.6 Å². The molecule has 4 aromatic heterocycles. The Balaban J connectivity index is 0.000000485. The average Bonchev–Trinajstić information content (AvgIpc) is 2.68. The van der Waals surface area contributed by atoms with Gasteiger partial charge in [0.05, 0.1) is 0 Å². The summed E-state index contributed by atoms with van der Waals surface area (Å²) in [5, 5.41) is 21.5. The van der Waals surface area contributed by atoms with Gasteiger partial charge in [-0.25, -0.2) is 0 Å². The van der Waals surface area contributed by atoms with E-state index < -0.39 is 0 Å². The fraction of sp³-hybridized carbons (Fsp3) is 0. The van der Waals surface area contributed by atoms with Gasteiger partial charge in [0, 0.05) is 24.3 Å². The first-order valence-electron chi connectivity index (χ1n) is 8.36. The molecule has 4 heterocycles. The molecule has 0 saturated carbocycles. The van der Waals surface area contributed by atoms with Crippen molar-refractivity contribution in [1.82, 2.24) is 29.9 Å². The molecule has 10 N–H and O–H groups in total. The Morgan fingerprint density at radius 2 is 0.618 bits per heavy atom. The van der Waals surface area contributed by atoms with Gasteiger partial charge in [-0.3, -0.25) is 0 Å². The molecular formula is C16H18N8O4S6. The number of rotatable bonds is 1. The number of aromatic amines is 6. The van der Waals surface area contributed by atoms with Crippen LogP contribution >= 0.6 is 73.3 Å². The molecule has 182 valence electrons. The van der Waals surface area contributed by atoms with Crippen LogP contribution in [0, 0.1) is 39.0 Å². The lowest BCUT2D eigenvalue weighted by Crippen LogP contribution is -2.24. The van der Waals surface area contributed by atoms with Crippen molar-refractivity contribution in [3.05, 3.63) is 88.1 Å². The Kier molecular flexibility index (Phi) is 13.9. The third kappa shape index (κ3) is 11.3. The normalized spacial score (nSPS) is 9.06. The molecule has 4 rings (SSSR count). The lowest BCUT2D eigenvalue weighted by atomic mass is 10.1. The first-order chi connectivity index (χ1) is 15.1. The first kappa shape index (κ1) is 31.2. The van der Waals surface area contributed by atoms with Crippen molar-refractivity contribution in [2.45, 2.75) is 0 Å². The fourth-order valence-corrected chi connectivity index (χ4v) is 3.63. The van der Waals surface area contributed by atoms with Crippen molar-refractivity contribution in [2.75, 3.05) is 0 Å². The van der Waals surface area contributed by atoms with Crippen LogP contribution in [0.1, 0.15) is 0 Å². The summed E-state index contributed by atoms with van der Waals surface area (Å²) in [5.74, 6) is 0. The average molecular weight is 579 g/mol. The van der Waals surface area contributed by atoms with E-state index in [-0.39, 0.29) is 11.0 Å². The van der Waals surface area contributed by atoms with Crippen LogP contribution in [0.3, 0.4) is 0 Å². The number of pyridine rings is 2. The first-order valence-corrected chi connectivity index (χ1v) is 10.8. The van der Waals surface area contributed by atoms with E-state index in [1.807, 2.05) is 0 Å². The zero-order valence-corrected chi connectivity index (χ0v) is 21.7. The maximum atomic E-state index is 10.8. The van der Waals surface area contributed by atoms with Crippen molar-refractivity contribution in [3.8, 4) is 11.1 Å². The van der Waals surface area contributed by atoms with Crippen molar-refractivity contribution in [1.29, 1.82) is 0 Å². The molecular weight excluding hydrogens is 561 g/mol. The van der Waals surface area contributed by atoms with Crippen LogP contribution in [0.15, 0.2) is 49.1 Å². The van der Waals surface area contributed by atoms with Gasteiger partial charge < -0.3 is 51.3 Å². The minimum atomic E-state index is 0. The predicted molar refractivity (Wildman–Crippen MR) is 141 cm³/mol. The molecule has 4 aromatic rings. The molecule has 0 atom stereocenters. The topological polar surface area (TPSA) is 212 Å². The van der Waals surface area contributed by atoms with E-state index in [2.05, 4.69) is 29.9 Å². The maximum Gasteiger partial charge on any atom is 0.180 e. The summed E-state index contributed by atoms with van der Waals surface area (Å²) in [5.41, 5.74) is 1.83. The smallest absolute Gasteiger partial charge is 0.180 e. The lowest BCUT2D eigenvalue weighted by Gasteiger charge is -2.00. The standard InChI is InChI=1S/C10H8N2O2.2C3H3N3S3.2H2O/c13-11-5-1-9(2-6-11)10-3-7-12(14)8-4-10;2*7-1-4-2(8)6-3(9)5-1;;/h1-8H;2*(H3,4,5,6,7,8,9);2*1H2. The number of nitrogens with one attached hydrogen (secondary N) is 6.